The fourth-order valence-corrected chi connectivity index (χ4v) is 4.31. The van der Waals surface area contributed by atoms with Crippen LogP contribution in [-0.4, -0.2) is 63.9 Å². The van der Waals surface area contributed by atoms with Gasteiger partial charge < -0.3 is 30.0 Å². The largest absolute Gasteiger partial charge is 0.351 e. The Morgan fingerprint density at radius 1 is 1.00 bits per heavy atom. The molecule has 0 bridgehead atoms. The maximum atomic E-state index is 12.8. The number of halogens is 1. The first-order valence-corrected chi connectivity index (χ1v) is 11.7. The molecule has 0 spiro atoms. The number of hydrogen-bond acceptors (Lipinski definition) is 6. The van der Waals surface area contributed by atoms with Crippen molar-refractivity contribution in [3.8, 4) is 0 Å². The van der Waals surface area contributed by atoms with Crippen LogP contribution in [0.5, 0.6) is 0 Å². The molecule has 0 saturated heterocycles. The highest BCUT2D eigenvalue weighted by Gasteiger charge is 2.17. The number of carbonyl (C=O) groups excluding carboxylic acids is 3. The van der Waals surface area contributed by atoms with Crippen LogP contribution in [0.3, 0.4) is 0 Å². The summed E-state index contributed by atoms with van der Waals surface area (Å²) in [4.78, 5) is 44.1. The van der Waals surface area contributed by atoms with Crippen molar-refractivity contribution in [3.05, 3.63) is 50.9 Å². The van der Waals surface area contributed by atoms with Crippen molar-refractivity contribution >= 4 is 56.4 Å². The SMILES string of the molecule is CN(C)CCCNC(=O)c1cc(NC(=O)c2cc(NC(=O)c3cnc(Br)s3)cn2C)cn1C. The number of aryl methyl sites for hydroxylation is 2. The van der Waals surface area contributed by atoms with Crippen molar-refractivity contribution in [2.75, 3.05) is 37.8 Å². The van der Waals surface area contributed by atoms with Gasteiger partial charge in [0.2, 0.25) is 0 Å². The number of carbonyl (C=O) groups is 3. The number of thiazole rings is 1. The number of nitrogens with one attached hydrogen (secondary N) is 3. The van der Waals surface area contributed by atoms with Gasteiger partial charge in [-0.2, -0.15) is 0 Å². The van der Waals surface area contributed by atoms with Crippen LogP contribution in [0.2, 0.25) is 0 Å². The molecule has 12 heteroatoms. The minimum absolute atomic E-state index is 0.199. The average Bonchev–Trinajstić information content (AvgIpc) is 3.43. The van der Waals surface area contributed by atoms with Gasteiger partial charge in [0.1, 0.15) is 16.3 Å². The minimum atomic E-state index is -0.359. The first-order valence-electron chi connectivity index (χ1n) is 10.1. The molecule has 3 heterocycles. The van der Waals surface area contributed by atoms with Gasteiger partial charge in [0.25, 0.3) is 17.7 Å². The van der Waals surface area contributed by atoms with Crippen LogP contribution in [0.1, 0.15) is 37.1 Å². The van der Waals surface area contributed by atoms with Crippen LogP contribution < -0.4 is 16.0 Å². The Balaban J connectivity index is 1.61. The number of hydrogen-bond donors (Lipinski definition) is 3. The van der Waals surface area contributed by atoms with E-state index in [1.54, 1.807) is 47.8 Å². The summed E-state index contributed by atoms with van der Waals surface area (Å²) in [6, 6.07) is 3.22. The fourth-order valence-electron chi connectivity index (χ4n) is 3.15. The van der Waals surface area contributed by atoms with Crippen LogP contribution in [0, 0.1) is 0 Å². The first-order chi connectivity index (χ1) is 15.6. The topological polar surface area (TPSA) is 113 Å². The van der Waals surface area contributed by atoms with Crippen molar-refractivity contribution in [3.63, 3.8) is 0 Å². The molecule has 3 aromatic heterocycles. The molecule has 0 radical (unpaired) electrons. The van der Waals surface area contributed by atoms with Gasteiger partial charge in [-0.3, -0.25) is 14.4 Å². The summed E-state index contributed by atoms with van der Waals surface area (Å²) in [6.45, 7) is 1.45. The Bertz CT molecular complexity index is 1160. The van der Waals surface area contributed by atoms with E-state index < -0.39 is 0 Å². The van der Waals surface area contributed by atoms with Crippen molar-refractivity contribution < 1.29 is 14.4 Å². The van der Waals surface area contributed by atoms with Crippen molar-refractivity contribution in [1.82, 2.24) is 24.3 Å². The smallest absolute Gasteiger partial charge is 0.272 e. The first kappa shape index (κ1) is 24.7. The summed E-state index contributed by atoms with van der Waals surface area (Å²) >= 11 is 4.45. The maximum absolute atomic E-state index is 12.8. The number of amides is 3. The molecule has 0 aliphatic rings. The van der Waals surface area contributed by atoms with E-state index in [0.29, 0.717) is 38.1 Å². The van der Waals surface area contributed by atoms with E-state index in [2.05, 4.69) is 41.8 Å². The molecule has 3 N–H and O–H groups in total. The lowest BCUT2D eigenvalue weighted by molar-refractivity contribution is 0.0942. The van der Waals surface area contributed by atoms with Crippen molar-refractivity contribution in [1.29, 1.82) is 0 Å². The van der Waals surface area contributed by atoms with Crippen LogP contribution >= 0.6 is 27.3 Å². The monoisotopic (exact) mass is 535 g/mol. The normalized spacial score (nSPS) is 11.0. The Labute approximate surface area is 204 Å². The molecular formula is C21H26BrN7O3S. The van der Waals surface area contributed by atoms with Gasteiger partial charge in [0.15, 0.2) is 3.92 Å². The molecule has 0 saturated carbocycles. The number of aromatic nitrogens is 3. The van der Waals surface area contributed by atoms with E-state index in [1.165, 1.54) is 17.5 Å². The predicted molar refractivity (Wildman–Crippen MR) is 132 cm³/mol. The molecule has 0 aromatic carbocycles. The Morgan fingerprint density at radius 2 is 1.58 bits per heavy atom. The molecule has 3 amide bonds. The highest BCUT2D eigenvalue weighted by molar-refractivity contribution is 9.11. The number of rotatable bonds is 9. The fraction of sp³-hybridized carbons (Fsp3) is 0.333. The Morgan fingerprint density at radius 3 is 2.12 bits per heavy atom. The van der Waals surface area contributed by atoms with Crippen LogP contribution in [-0.2, 0) is 14.1 Å². The molecule has 0 atom stereocenters. The van der Waals surface area contributed by atoms with Crippen LogP contribution in [0.25, 0.3) is 0 Å². The molecule has 3 rings (SSSR count). The van der Waals surface area contributed by atoms with Crippen LogP contribution in [0.15, 0.2) is 34.6 Å². The lowest BCUT2D eigenvalue weighted by Crippen LogP contribution is -2.28. The molecule has 0 aliphatic carbocycles. The lowest BCUT2D eigenvalue weighted by atomic mass is 10.3. The van der Waals surface area contributed by atoms with Gasteiger partial charge in [-0.25, -0.2) is 4.98 Å². The van der Waals surface area contributed by atoms with E-state index in [1.807, 2.05) is 14.1 Å². The van der Waals surface area contributed by atoms with E-state index in [4.69, 9.17) is 0 Å². The van der Waals surface area contributed by atoms with Gasteiger partial charge in [0, 0.05) is 33.0 Å². The summed E-state index contributed by atoms with van der Waals surface area (Å²) in [6.07, 6.45) is 5.66. The van der Waals surface area contributed by atoms with E-state index in [-0.39, 0.29) is 17.7 Å². The zero-order valence-electron chi connectivity index (χ0n) is 18.8. The summed E-state index contributed by atoms with van der Waals surface area (Å²) in [5.41, 5.74) is 1.80. The van der Waals surface area contributed by atoms with Gasteiger partial charge in [-0.05, 0) is 55.1 Å². The quantitative estimate of drug-likeness (QED) is 0.364. The van der Waals surface area contributed by atoms with E-state index in [9.17, 15) is 14.4 Å². The standard InChI is InChI=1S/C21H26BrN7O3S/c1-27(2)7-5-6-23-18(30)15-8-13(11-28(15)3)25-19(31)16-9-14(12-29(16)4)26-20(32)17-10-24-21(22)33-17/h8-12H,5-7H2,1-4H3,(H,23,30)(H,25,31)(H,26,32). The molecule has 33 heavy (non-hydrogen) atoms. The molecule has 10 nitrogen and oxygen atoms in total. The van der Waals surface area contributed by atoms with Gasteiger partial charge in [-0.15, -0.1) is 11.3 Å². The van der Waals surface area contributed by atoms with E-state index in [0.717, 1.165) is 13.0 Å². The second-order valence-corrected chi connectivity index (χ2v) is 10.1. The third-order valence-corrected chi connectivity index (χ3v) is 6.23. The minimum Gasteiger partial charge on any atom is -0.351 e. The molecule has 0 unspecified atom stereocenters. The molecule has 176 valence electrons. The summed E-state index contributed by atoms with van der Waals surface area (Å²) in [5, 5.41) is 8.45. The van der Waals surface area contributed by atoms with Crippen molar-refractivity contribution in [2.24, 2.45) is 14.1 Å². The highest BCUT2D eigenvalue weighted by Crippen LogP contribution is 2.21. The molecule has 0 aliphatic heterocycles. The summed E-state index contributed by atoms with van der Waals surface area (Å²) in [7, 11) is 7.43. The second-order valence-electron chi connectivity index (χ2n) is 7.75. The highest BCUT2D eigenvalue weighted by atomic mass is 79.9. The zero-order chi connectivity index (χ0) is 24.1. The Hall–Kier alpha value is -2.96. The summed E-state index contributed by atoms with van der Waals surface area (Å²) in [5.74, 6) is -0.863. The molecule has 3 aromatic rings. The van der Waals surface area contributed by atoms with E-state index >= 15 is 0 Å². The van der Waals surface area contributed by atoms with Gasteiger partial charge in [-0.1, -0.05) is 0 Å². The third kappa shape index (κ3) is 6.53. The van der Waals surface area contributed by atoms with Gasteiger partial charge >= 0.3 is 0 Å². The maximum Gasteiger partial charge on any atom is 0.272 e. The van der Waals surface area contributed by atoms with Gasteiger partial charge in [0.05, 0.1) is 17.6 Å². The molecule has 0 fully saturated rings. The Kier molecular flexibility index (Phi) is 8.06. The number of anilines is 2. The predicted octanol–water partition coefficient (Wildman–Crippen LogP) is 2.77. The van der Waals surface area contributed by atoms with Crippen LogP contribution in [0.4, 0.5) is 11.4 Å². The molecular weight excluding hydrogens is 510 g/mol. The second kappa shape index (κ2) is 10.8. The zero-order valence-corrected chi connectivity index (χ0v) is 21.2. The van der Waals surface area contributed by atoms with Crippen molar-refractivity contribution in [2.45, 2.75) is 6.42 Å². The lowest BCUT2D eigenvalue weighted by Gasteiger charge is -2.10. The third-order valence-electron chi connectivity index (χ3n) is 4.76. The summed E-state index contributed by atoms with van der Waals surface area (Å²) < 4.78 is 3.90. The average molecular weight is 536 g/mol. The number of nitrogens with zero attached hydrogens (tertiary/aromatic N) is 4.